The van der Waals surface area contributed by atoms with E-state index in [9.17, 15) is 13.6 Å². The number of benzene rings is 2. The van der Waals surface area contributed by atoms with E-state index >= 15 is 0 Å². The van der Waals surface area contributed by atoms with Crippen LogP contribution in [0.5, 0.6) is 0 Å². The number of amides is 1. The molecule has 1 unspecified atom stereocenters. The predicted molar refractivity (Wildman–Crippen MR) is 93.9 cm³/mol. The molecule has 0 saturated carbocycles. The van der Waals surface area contributed by atoms with Gasteiger partial charge in [0.25, 0.3) is 5.91 Å². The Hall–Kier alpha value is -2.73. The zero-order valence-corrected chi connectivity index (χ0v) is 14.8. The van der Waals surface area contributed by atoms with E-state index in [2.05, 4.69) is 10.5 Å². The van der Waals surface area contributed by atoms with Gasteiger partial charge < -0.3 is 9.84 Å². The maximum Gasteiger partial charge on any atom is 0.257 e. The van der Waals surface area contributed by atoms with Crippen LogP contribution in [0.25, 0.3) is 11.3 Å². The van der Waals surface area contributed by atoms with Crippen molar-refractivity contribution in [3.63, 3.8) is 0 Å². The van der Waals surface area contributed by atoms with E-state index in [4.69, 9.17) is 16.1 Å². The summed E-state index contributed by atoms with van der Waals surface area (Å²) in [6.07, 6.45) is 0. The third-order valence-corrected chi connectivity index (χ3v) is 4.32. The fourth-order valence-electron chi connectivity index (χ4n) is 2.68. The summed E-state index contributed by atoms with van der Waals surface area (Å²) in [6, 6.07) is 9.46. The number of nitrogens with one attached hydrogen (secondary N) is 1. The molecule has 1 heterocycles. The zero-order valence-electron chi connectivity index (χ0n) is 14.0. The van der Waals surface area contributed by atoms with E-state index in [1.807, 2.05) is 0 Å². The van der Waals surface area contributed by atoms with Crippen LogP contribution in [0, 0.1) is 18.6 Å². The van der Waals surface area contributed by atoms with Crippen LogP contribution in [-0.4, -0.2) is 11.1 Å². The quantitative estimate of drug-likeness (QED) is 0.691. The SMILES string of the molecule is Cc1onc(-c2ccccc2Cl)c1C(=O)NC(C)c1ccc(F)cc1F. The molecule has 0 radical (unpaired) electrons. The minimum absolute atomic E-state index is 0.174. The van der Waals surface area contributed by atoms with Gasteiger partial charge in [-0.2, -0.15) is 0 Å². The number of hydrogen-bond donors (Lipinski definition) is 1. The molecule has 0 fully saturated rings. The van der Waals surface area contributed by atoms with Crippen molar-refractivity contribution in [2.75, 3.05) is 0 Å². The summed E-state index contributed by atoms with van der Waals surface area (Å²) in [5.41, 5.74) is 1.25. The van der Waals surface area contributed by atoms with E-state index in [0.29, 0.717) is 22.0 Å². The molecular formula is C19H15ClF2N2O2. The molecule has 0 bridgehead atoms. The Morgan fingerprint density at radius 2 is 1.96 bits per heavy atom. The average molecular weight is 377 g/mol. The number of halogens is 3. The molecule has 4 nitrogen and oxygen atoms in total. The van der Waals surface area contributed by atoms with Gasteiger partial charge in [0.15, 0.2) is 0 Å². The number of aromatic nitrogens is 1. The molecule has 134 valence electrons. The van der Waals surface area contributed by atoms with Crippen LogP contribution < -0.4 is 5.32 Å². The molecule has 0 aliphatic rings. The lowest BCUT2D eigenvalue weighted by atomic mass is 10.0. The topological polar surface area (TPSA) is 55.1 Å². The van der Waals surface area contributed by atoms with E-state index in [-0.39, 0.29) is 11.1 Å². The molecule has 1 N–H and O–H groups in total. The largest absolute Gasteiger partial charge is 0.360 e. The van der Waals surface area contributed by atoms with Crippen LogP contribution >= 0.6 is 11.6 Å². The van der Waals surface area contributed by atoms with Gasteiger partial charge in [-0.15, -0.1) is 0 Å². The Morgan fingerprint density at radius 1 is 1.23 bits per heavy atom. The molecule has 0 aliphatic carbocycles. The number of carbonyl (C=O) groups excluding carboxylic acids is 1. The summed E-state index contributed by atoms with van der Waals surface area (Å²) >= 11 is 6.18. The van der Waals surface area contributed by atoms with Gasteiger partial charge in [0.05, 0.1) is 11.1 Å². The normalized spacial score (nSPS) is 12.0. The second-order valence-corrected chi connectivity index (χ2v) is 6.21. The first-order valence-corrected chi connectivity index (χ1v) is 8.23. The van der Waals surface area contributed by atoms with Gasteiger partial charge in [0, 0.05) is 17.2 Å². The highest BCUT2D eigenvalue weighted by Gasteiger charge is 2.25. The summed E-state index contributed by atoms with van der Waals surface area (Å²) < 4.78 is 32.2. The van der Waals surface area contributed by atoms with Crippen molar-refractivity contribution in [1.29, 1.82) is 0 Å². The molecular weight excluding hydrogens is 362 g/mol. The van der Waals surface area contributed by atoms with Crippen molar-refractivity contribution in [1.82, 2.24) is 10.5 Å². The summed E-state index contributed by atoms with van der Waals surface area (Å²) in [7, 11) is 0. The van der Waals surface area contributed by atoms with Gasteiger partial charge >= 0.3 is 0 Å². The van der Waals surface area contributed by atoms with Crippen LogP contribution in [-0.2, 0) is 0 Å². The van der Waals surface area contributed by atoms with Crippen LogP contribution in [0.4, 0.5) is 8.78 Å². The number of hydrogen-bond acceptors (Lipinski definition) is 3. The lowest BCUT2D eigenvalue weighted by Gasteiger charge is -2.15. The number of aryl methyl sites for hydroxylation is 1. The molecule has 0 saturated heterocycles. The van der Waals surface area contributed by atoms with E-state index in [1.54, 1.807) is 38.1 Å². The van der Waals surface area contributed by atoms with Gasteiger partial charge in [-0.1, -0.05) is 41.0 Å². The van der Waals surface area contributed by atoms with Crippen molar-refractivity contribution in [2.45, 2.75) is 19.9 Å². The van der Waals surface area contributed by atoms with Gasteiger partial charge in [-0.25, -0.2) is 8.78 Å². The second kappa shape index (κ2) is 7.25. The van der Waals surface area contributed by atoms with Gasteiger partial charge in [-0.3, -0.25) is 4.79 Å². The maximum absolute atomic E-state index is 13.9. The molecule has 0 spiro atoms. The first-order chi connectivity index (χ1) is 12.4. The van der Waals surface area contributed by atoms with Crippen LogP contribution in [0.3, 0.4) is 0 Å². The van der Waals surface area contributed by atoms with Gasteiger partial charge in [-0.05, 0) is 26.0 Å². The summed E-state index contributed by atoms with van der Waals surface area (Å²) in [4.78, 5) is 12.7. The van der Waals surface area contributed by atoms with Crippen LogP contribution in [0.2, 0.25) is 5.02 Å². The third-order valence-electron chi connectivity index (χ3n) is 4.00. The molecule has 0 aliphatic heterocycles. The molecule has 7 heteroatoms. The fraction of sp³-hybridized carbons (Fsp3) is 0.158. The number of rotatable bonds is 4. The Kier molecular flexibility index (Phi) is 5.04. The smallest absolute Gasteiger partial charge is 0.257 e. The van der Waals surface area contributed by atoms with Crippen LogP contribution in [0.15, 0.2) is 47.0 Å². The summed E-state index contributed by atoms with van der Waals surface area (Å²) in [5, 5.41) is 7.04. The van der Waals surface area contributed by atoms with E-state index < -0.39 is 23.6 Å². The monoisotopic (exact) mass is 376 g/mol. The Morgan fingerprint density at radius 3 is 2.65 bits per heavy atom. The fourth-order valence-corrected chi connectivity index (χ4v) is 2.90. The predicted octanol–water partition coefficient (Wildman–Crippen LogP) is 5.07. The molecule has 1 aromatic heterocycles. The highest BCUT2D eigenvalue weighted by molar-refractivity contribution is 6.33. The molecule has 3 rings (SSSR count). The lowest BCUT2D eigenvalue weighted by Crippen LogP contribution is -2.28. The van der Waals surface area contributed by atoms with E-state index in [0.717, 1.165) is 12.1 Å². The average Bonchev–Trinajstić information content (AvgIpc) is 2.96. The summed E-state index contributed by atoms with van der Waals surface area (Å²) in [6.45, 7) is 3.21. The van der Waals surface area contributed by atoms with Crippen molar-refractivity contribution >= 4 is 17.5 Å². The third kappa shape index (κ3) is 3.46. The Balaban J connectivity index is 1.91. The molecule has 1 amide bonds. The molecule has 26 heavy (non-hydrogen) atoms. The van der Waals surface area contributed by atoms with Crippen molar-refractivity contribution in [3.05, 3.63) is 76.0 Å². The van der Waals surface area contributed by atoms with Gasteiger partial charge in [0.1, 0.15) is 28.7 Å². The highest BCUT2D eigenvalue weighted by Crippen LogP contribution is 2.31. The van der Waals surface area contributed by atoms with Gasteiger partial charge in [0.2, 0.25) is 0 Å². The minimum atomic E-state index is -0.730. The maximum atomic E-state index is 13.9. The number of carbonyl (C=O) groups is 1. The Labute approximate surface area is 153 Å². The van der Waals surface area contributed by atoms with Crippen molar-refractivity contribution in [2.24, 2.45) is 0 Å². The standard InChI is InChI=1S/C19H15ClF2N2O2/c1-10(13-8-7-12(21)9-16(13)22)23-19(25)17-11(2)26-24-18(17)14-5-3-4-6-15(14)20/h3-10H,1-2H3,(H,23,25). The highest BCUT2D eigenvalue weighted by atomic mass is 35.5. The molecule has 3 aromatic rings. The van der Waals surface area contributed by atoms with Crippen molar-refractivity contribution in [3.8, 4) is 11.3 Å². The number of nitrogens with zero attached hydrogens (tertiary/aromatic N) is 1. The molecule has 2 aromatic carbocycles. The summed E-state index contributed by atoms with van der Waals surface area (Å²) in [5.74, 6) is -1.59. The first kappa shape index (κ1) is 18.1. The first-order valence-electron chi connectivity index (χ1n) is 7.85. The second-order valence-electron chi connectivity index (χ2n) is 5.80. The minimum Gasteiger partial charge on any atom is -0.360 e. The van der Waals surface area contributed by atoms with E-state index in [1.165, 1.54) is 6.07 Å². The molecule has 1 atom stereocenters. The van der Waals surface area contributed by atoms with Crippen molar-refractivity contribution < 1.29 is 18.1 Å². The lowest BCUT2D eigenvalue weighted by molar-refractivity contribution is 0.0938. The Bertz CT molecular complexity index is 972. The van der Waals surface area contributed by atoms with Crippen LogP contribution in [0.1, 0.15) is 34.6 Å². The zero-order chi connectivity index (χ0) is 18.8.